The molecule has 1 saturated heterocycles. The van der Waals surface area contributed by atoms with Crippen LogP contribution < -0.4 is 5.32 Å². The van der Waals surface area contributed by atoms with Gasteiger partial charge in [-0.1, -0.05) is 55.1 Å². The number of rotatable bonds is 12. The van der Waals surface area contributed by atoms with Crippen molar-refractivity contribution in [3.63, 3.8) is 0 Å². The minimum atomic E-state index is -0.976. The topological polar surface area (TPSA) is 84.9 Å². The number of nitrogens with one attached hydrogen (secondary N) is 1. The van der Waals surface area contributed by atoms with Crippen molar-refractivity contribution in [3.05, 3.63) is 45.6 Å². The Morgan fingerprint density at radius 1 is 1.19 bits per heavy atom. The molecule has 1 heterocycles. The summed E-state index contributed by atoms with van der Waals surface area (Å²) in [6, 6.07) is 5.15. The molecule has 0 radical (unpaired) electrons. The van der Waals surface area contributed by atoms with Crippen molar-refractivity contribution in [1.82, 2.24) is 10.2 Å². The van der Waals surface area contributed by atoms with E-state index in [0.29, 0.717) is 41.7 Å². The third-order valence-corrected chi connectivity index (χ3v) is 7.75. The Hall–Kier alpha value is -2.09. The first-order chi connectivity index (χ1) is 17.8. The number of piperidine rings is 1. The number of allylic oxidation sites excluding steroid dienone is 1. The Labute approximate surface area is 229 Å². The van der Waals surface area contributed by atoms with Crippen LogP contribution in [0.15, 0.2) is 30.0 Å². The summed E-state index contributed by atoms with van der Waals surface area (Å²) in [5.41, 5.74) is 0.404. The largest absolute Gasteiger partial charge is 0.468 e. The molecule has 7 nitrogen and oxygen atoms in total. The number of hydrogen-bond donors (Lipinski definition) is 1. The van der Waals surface area contributed by atoms with E-state index in [-0.39, 0.29) is 37.2 Å². The minimum absolute atomic E-state index is 0.00635. The molecule has 1 fully saturated rings. The lowest BCUT2D eigenvalue weighted by atomic mass is 9.69. The fourth-order valence-electron chi connectivity index (χ4n) is 5.23. The number of fused-ring (bicyclic) bond motifs is 1. The van der Waals surface area contributed by atoms with Crippen molar-refractivity contribution >= 4 is 41.0 Å². The van der Waals surface area contributed by atoms with Gasteiger partial charge in [-0.05, 0) is 56.2 Å². The van der Waals surface area contributed by atoms with Crippen molar-refractivity contribution in [2.45, 2.75) is 71.3 Å². The quantitative estimate of drug-likeness (QED) is 0.266. The van der Waals surface area contributed by atoms with Crippen LogP contribution >= 0.6 is 23.2 Å². The number of esters is 1. The molecule has 1 aliphatic carbocycles. The van der Waals surface area contributed by atoms with Crippen LogP contribution in [0.5, 0.6) is 0 Å². The fraction of sp³-hybridized carbons (Fsp3) is 0.607. The molecule has 3 rings (SSSR count). The number of ether oxygens (including phenoxy) is 2. The molecule has 1 aromatic carbocycles. The maximum atomic E-state index is 13.8. The van der Waals surface area contributed by atoms with Crippen molar-refractivity contribution in [3.8, 4) is 0 Å². The van der Waals surface area contributed by atoms with Crippen molar-refractivity contribution < 1.29 is 23.9 Å². The Balaban J connectivity index is 1.80. The van der Waals surface area contributed by atoms with Gasteiger partial charge in [0, 0.05) is 47.8 Å². The molecule has 0 spiro atoms. The number of halogens is 2. The molecule has 0 unspecified atom stereocenters. The number of carbonyl (C=O) groups is 3. The third-order valence-electron chi connectivity index (χ3n) is 7.17. The molecule has 9 heteroatoms. The lowest BCUT2D eigenvalue weighted by Crippen LogP contribution is -2.53. The molecular formula is C28H38Cl2N2O5. The van der Waals surface area contributed by atoms with Gasteiger partial charge >= 0.3 is 5.97 Å². The molecule has 1 aliphatic heterocycles. The number of unbranched alkanes of at least 4 members (excludes halogenated alkanes) is 1. The van der Waals surface area contributed by atoms with E-state index in [2.05, 4.69) is 12.2 Å². The van der Waals surface area contributed by atoms with Crippen LogP contribution in [0.1, 0.15) is 70.3 Å². The van der Waals surface area contributed by atoms with Crippen LogP contribution in [0.3, 0.4) is 0 Å². The standard InChI is InChI=1S/C28H38Cl2N2O5/c1-3-4-14-37-15-8-13-31-25(33)16-21-18-28(27(35)36-2)12-7-5-6-9-24(28)32(26(21)34)19-20-10-11-22(29)17-23(20)30/h9-11,17,21H,3-8,12-16,18-19H2,1-2H3,(H,31,33)/t21-,28+/m1/s1. The summed E-state index contributed by atoms with van der Waals surface area (Å²) in [4.78, 5) is 41.6. The second kappa shape index (κ2) is 14.2. The van der Waals surface area contributed by atoms with Gasteiger partial charge in [-0.3, -0.25) is 14.4 Å². The van der Waals surface area contributed by atoms with E-state index in [4.69, 9.17) is 32.7 Å². The van der Waals surface area contributed by atoms with Crippen LogP contribution in [-0.2, 0) is 30.4 Å². The lowest BCUT2D eigenvalue weighted by molar-refractivity contribution is -0.160. The Bertz CT molecular complexity index is 999. The van der Waals surface area contributed by atoms with Crippen molar-refractivity contribution in [1.29, 1.82) is 0 Å². The smallest absolute Gasteiger partial charge is 0.317 e. The van der Waals surface area contributed by atoms with Gasteiger partial charge in [-0.25, -0.2) is 0 Å². The SMILES string of the molecule is CCCCOCCCNC(=O)C[C@@H]1C[C@@]2(C(=O)OC)CCCCC=C2N(Cc2ccc(Cl)cc2Cl)C1=O. The van der Waals surface area contributed by atoms with Gasteiger partial charge in [0.15, 0.2) is 0 Å². The lowest BCUT2D eigenvalue weighted by Gasteiger charge is -2.46. The average Bonchev–Trinajstić information content (AvgIpc) is 3.10. The number of hydrogen-bond acceptors (Lipinski definition) is 5. The summed E-state index contributed by atoms with van der Waals surface area (Å²) in [5.74, 6) is -1.41. The second-order valence-corrected chi connectivity index (χ2v) is 10.7. The Kier molecular flexibility index (Phi) is 11.3. The fourth-order valence-corrected chi connectivity index (χ4v) is 5.70. The normalized spacial score (nSPS) is 21.6. The van der Waals surface area contributed by atoms with Crippen LogP contribution in [0, 0.1) is 11.3 Å². The van der Waals surface area contributed by atoms with Gasteiger partial charge in [0.1, 0.15) is 5.41 Å². The maximum absolute atomic E-state index is 13.8. The first-order valence-electron chi connectivity index (χ1n) is 13.2. The summed E-state index contributed by atoms with van der Waals surface area (Å²) in [7, 11) is 1.38. The molecule has 37 heavy (non-hydrogen) atoms. The van der Waals surface area contributed by atoms with Gasteiger partial charge < -0.3 is 19.7 Å². The molecule has 1 N–H and O–H groups in total. The monoisotopic (exact) mass is 552 g/mol. The number of carbonyl (C=O) groups excluding carboxylic acids is 3. The molecule has 0 aromatic heterocycles. The van der Waals surface area contributed by atoms with E-state index < -0.39 is 11.3 Å². The predicted molar refractivity (Wildman–Crippen MR) is 144 cm³/mol. The molecule has 204 valence electrons. The summed E-state index contributed by atoms with van der Waals surface area (Å²) >= 11 is 12.5. The van der Waals surface area contributed by atoms with E-state index in [1.165, 1.54) is 7.11 Å². The number of nitrogens with zero attached hydrogens (tertiary/aromatic N) is 1. The molecule has 2 aliphatic rings. The van der Waals surface area contributed by atoms with E-state index >= 15 is 0 Å². The van der Waals surface area contributed by atoms with E-state index in [1.54, 1.807) is 23.1 Å². The second-order valence-electron chi connectivity index (χ2n) is 9.84. The summed E-state index contributed by atoms with van der Waals surface area (Å²) in [6.45, 7) is 4.08. The van der Waals surface area contributed by atoms with Gasteiger partial charge in [0.2, 0.25) is 11.8 Å². The van der Waals surface area contributed by atoms with Crippen LogP contribution in [0.4, 0.5) is 0 Å². The Morgan fingerprint density at radius 2 is 1.97 bits per heavy atom. The van der Waals surface area contributed by atoms with Gasteiger partial charge in [0.25, 0.3) is 0 Å². The zero-order valence-electron chi connectivity index (χ0n) is 21.8. The van der Waals surface area contributed by atoms with Crippen LogP contribution in [0.25, 0.3) is 0 Å². The molecular weight excluding hydrogens is 515 g/mol. The van der Waals surface area contributed by atoms with Gasteiger partial charge in [0.05, 0.1) is 13.7 Å². The highest BCUT2D eigenvalue weighted by molar-refractivity contribution is 6.35. The first-order valence-corrected chi connectivity index (χ1v) is 14.0. The minimum Gasteiger partial charge on any atom is -0.468 e. The molecule has 0 bridgehead atoms. The van der Waals surface area contributed by atoms with E-state index in [1.807, 2.05) is 6.08 Å². The van der Waals surface area contributed by atoms with Crippen molar-refractivity contribution in [2.24, 2.45) is 11.3 Å². The van der Waals surface area contributed by atoms with Crippen molar-refractivity contribution in [2.75, 3.05) is 26.9 Å². The molecule has 2 atom stereocenters. The molecule has 1 aromatic rings. The van der Waals surface area contributed by atoms with Gasteiger partial charge in [-0.2, -0.15) is 0 Å². The molecule has 0 saturated carbocycles. The van der Waals surface area contributed by atoms with E-state index in [0.717, 1.165) is 44.3 Å². The average molecular weight is 554 g/mol. The number of likely N-dealkylation sites (tertiary alicyclic amines) is 1. The number of amides is 2. The number of methoxy groups -OCH3 is 1. The third kappa shape index (κ3) is 7.49. The predicted octanol–water partition coefficient (Wildman–Crippen LogP) is 5.67. The zero-order chi connectivity index (χ0) is 26.8. The summed E-state index contributed by atoms with van der Waals surface area (Å²) < 4.78 is 10.8. The summed E-state index contributed by atoms with van der Waals surface area (Å²) in [6.07, 6.45) is 8.12. The van der Waals surface area contributed by atoms with Crippen LogP contribution in [0.2, 0.25) is 10.0 Å². The van der Waals surface area contributed by atoms with Gasteiger partial charge in [-0.15, -0.1) is 0 Å². The Morgan fingerprint density at radius 3 is 2.70 bits per heavy atom. The highest BCUT2D eigenvalue weighted by Gasteiger charge is 2.53. The number of benzene rings is 1. The molecule has 2 amide bonds. The highest BCUT2D eigenvalue weighted by Crippen LogP contribution is 2.50. The van der Waals surface area contributed by atoms with E-state index in [9.17, 15) is 14.4 Å². The maximum Gasteiger partial charge on any atom is 0.317 e. The zero-order valence-corrected chi connectivity index (χ0v) is 23.3. The summed E-state index contributed by atoms with van der Waals surface area (Å²) in [5, 5.41) is 3.85. The van der Waals surface area contributed by atoms with Crippen LogP contribution in [-0.4, -0.2) is 49.6 Å². The first kappa shape index (κ1) is 29.5. The highest BCUT2D eigenvalue weighted by atomic mass is 35.5.